The largest absolute Gasteiger partial charge is 0.491 e. The van der Waals surface area contributed by atoms with Gasteiger partial charge in [0.1, 0.15) is 18.5 Å². The Labute approximate surface area is 155 Å². The number of amides is 1. The number of hydrogen-bond acceptors (Lipinski definition) is 5. The van der Waals surface area contributed by atoms with Crippen molar-refractivity contribution < 1.29 is 19.7 Å². The Hall–Kier alpha value is -1.73. The van der Waals surface area contributed by atoms with Crippen molar-refractivity contribution in [1.29, 1.82) is 0 Å². The van der Waals surface area contributed by atoms with Crippen LogP contribution in [0.1, 0.15) is 17.2 Å². The lowest BCUT2D eigenvalue weighted by molar-refractivity contribution is -0.121. The molecular weight excluding hydrogens is 362 g/mol. The number of carbonyl (C=O) groups excluding carboxylic acids is 1. The van der Waals surface area contributed by atoms with E-state index in [-0.39, 0.29) is 17.8 Å². The molecule has 2 unspecified atom stereocenters. The molecular formula is C18H18ClNO4S. The zero-order valence-corrected chi connectivity index (χ0v) is 14.8. The van der Waals surface area contributed by atoms with Crippen LogP contribution in [0.3, 0.4) is 0 Å². The zero-order chi connectivity index (χ0) is 17.8. The molecule has 1 aliphatic heterocycles. The van der Waals surface area contributed by atoms with Crippen molar-refractivity contribution in [2.75, 3.05) is 6.61 Å². The first-order valence-electron chi connectivity index (χ1n) is 7.81. The van der Waals surface area contributed by atoms with E-state index < -0.39 is 11.7 Å². The molecule has 25 heavy (non-hydrogen) atoms. The summed E-state index contributed by atoms with van der Waals surface area (Å²) in [5.41, 5.74) is 0.774. The van der Waals surface area contributed by atoms with Gasteiger partial charge in [-0.3, -0.25) is 4.79 Å². The minimum Gasteiger partial charge on any atom is -0.491 e. The Morgan fingerprint density at radius 1 is 1.20 bits per heavy atom. The van der Waals surface area contributed by atoms with E-state index in [0.717, 1.165) is 5.56 Å². The second kappa shape index (κ2) is 8.10. The van der Waals surface area contributed by atoms with Gasteiger partial charge >= 0.3 is 0 Å². The summed E-state index contributed by atoms with van der Waals surface area (Å²) in [6.07, 6.45) is -0.274. The summed E-state index contributed by atoms with van der Waals surface area (Å²) in [5.74, 6) is 0.471. The highest BCUT2D eigenvalue weighted by molar-refractivity contribution is 8.01. The van der Waals surface area contributed by atoms with Crippen LogP contribution in [-0.2, 0) is 11.2 Å². The lowest BCUT2D eigenvalue weighted by Crippen LogP contribution is -2.27. The smallest absolute Gasteiger partial charge is 0.236 e. The first-order valence-corrected chi connectivity index (χ1v) is 9.13. The van der Waals surface area contributed by atoms with E-state index in [2.05, 4.69) is 5.32 Å². The van der Waals surface area contributed by atoms with Crippen molar-refractivity contribution in [2.24, 2.45) is 0 Å². The van der Waals surface area contributed by atoms with E-state index in [1.807, 2.05) is 18.2 Å². The highest BCUT2D eigenvalue weighted by atomic mass is 35.5. The minimum absolute atomic E-state index is 0.0934. The molecule has 0 bridgehead atoms. The summed E-state index contributed by atoms with van der Waals surface area (Å²) >= 11 is 7.26. The van der Waals surface area contributed by atoms with Crippen LogP contribution in [0, 0.1) is 0 Å². The number of thioether (sulfide) groups is 1. The molecule has 1 aliphatic rings. The van der Waals surface area contributed by atoms with Gasteiger partial charge in [0, 0.05) is 10.6 Å². The number of carbonyl (C=O) groups is 1. The molecule has 1 saturated heterocycles. The van der Waals surface area contributed by atoms with Gasteiger partial charge in [-0.2, -0.15) is 0 Å². The van der Waals surface area contributed by atoms with Crippen LogP contribution in [0.25, 0.3) is 0 Å². The van der Waals surface area contributed by atoms with Crippen molar-refractivity contribution in [2.45, 2.75) is 23.3 Å². The van der Waals surface area contributed by atoms with Crippen molar-refractivity contribution in [3.63, 3.8) is 0 Å². The van der Waals surface area contributed by atoms with Crippen molar-refractivity contribution in [1.82, 2.24) is 5.32 Å². The Kier molecular flexibility index (Phi) is 5.86. The molecule has 3 atom stereocenters. The summed E-state index contributed by atoms with van der Waals surface area (Å²) < 4.78 is 5.61. The summed E-state index contributed by atoms with van der Waals surface area (Å²) in [7, 11) is 0. The lowest BCUT2D eigenvalue weighted by atomic mass is 10.1. The first kappa shape index (κ1) is 18.1. The Morgan fingerprint density at radius 3 is 2.56 bits per heavy atom. The maximum absolute atomic E-state index is 11.6. The quantitative estimate of drug-likeness (QED) is 0.718. The molecule has 0 saturated carbocycles. The summed E-state index contributed by atoms with van der Waals surface area (Å²) in [6, 6.07) is 14.4. The molecule has 0 spiro atoms. The fourth-order valence-corrected chi connectivity index (χ4v) is 3.79. The van der Waals surface area contributed by atoms with Gasteiger partial charge in [-0.15, -0.1) is 0 Å². The Bertz CT molecular complexity index is 740. The maximum atomic E-state index is 11.6. The van der Waals surface area contributed by atoms with E-state index in [0.29, 0.717) is 22.8 Å². The molecule has 2 aromatic rings. The van der Waals surface area contributed by atoms with Crippen molar-refractivity contribution in [3.8, 4) is 5.75 Å². The first-order chi connectivity index (χ1) is 12.0. The predicted octanol–water partition coefficient (Wildman–Crippen LogP) is 2.50. The average Bonchev–Trinajstić information content (AvgIpc) is 2.91. The molecule has 0 aliphatic carbocycles. The second-order valence-corrected chi connectivity index (χ2v) is 7.38. The third-order valence-electron chi connectivity index (χ3n) is 3.87. The SMILES string of the molecule is O=C1NC(O)SC1Cc1ccc(OC[C@H](O)c2ccccc2Cl)cc1. The molecule has 3 rings (SSSR count). The highest BCUT2D eigenvalue weighted by Gasteiger charge is 2.31. The summed E-state index contributed by atoms with van der Waals surface area (Å²) in [4.78, 5) is 11.6. The van der Waals surface area contributed by atoms with E-state index >= 15 is 0 Å². The Morgan fingerprint density at radius 2 is 1.92 bits per heavy atom. The number of aliphatic hydroxyl groups is 2. The van der Waals surface area contributed by atoms with E-state index in [9.17, 15) is 15.0 Å². The number of ether oxygens (including phenoxy) is 1. The van der Waals surface area contributed by atoms with E-state index in [1.165, 1.54) is 11.8 Å². The maximum Gasteiger partial charge on any atom is 0.236 e. The number of nitrogens with one attached hydrogen (secondary N) is 1. The Balaban J connectivity index is 1.54. The van der Waals surface area contributed by atoms with Gasteiger partial charge in [-0.05, 0) is 30.2 Å². The zero-order valence-electron chi connectivity index (χ0n) is 13.3. The fourth-order valence-electron chi connectivity index (χ4n) is 2.55. The van der Waals surface area contributed by atoms with E-state index in [4.69, 9.17) is 16.3 Å². The number of hydrogen-bond donors (Lipinski definition) is 3. The van der Waals surface area contributed by atoms with Gasteiger partial charge in [0.05, 0.1) is 5.25 Å². The molecule has 0 aromatic heterocycles. The third kappa shape index (κ3) is 4.67. The molecule has 2 aromatic carbocycles. The van der Waals surface area contributed by atoms with Crippen LogP contribution in [0.2, 0.25) is 5.02 Å². The number of aliphatic hydroxyl groups excluding tert-OH is 2. The van der Waals surface area contributed by atoms with Crippen molar-refractivity contribution >= 4 is 29.3 Å². The van der Waals surface area contributed by atoms with Gasteiger partial charge in [-0.1, -0.05) is 53.7 Å². The van der Waals surface area contributed by atoms with Gasteiger partial charge in [0.25, 0.3) is 0 Å². The number of rotatable bonds is 6. The standard InChI is InChI=1S/C18H18ClNO4S/c19-14-4-2-1-3-13(14)15(21)10-24-12-7-5-11(6-8-12)9-16-17(22)20-18(23)25-16/h1-8,15-16,18,21,23H,9-10H2,(H,20,22)/t15-,16?,18?/m0/s1. The molecule has 7 heteroatoms. The minimum atomic E-state index is -0.827. The molecule has 0 radical (unpaired) electrons. The van der Waals surface area contributed by atoms with Crippen LogP contribution in [-0.4, -0.2) is 33.5 Å². The second-order valence-electron chi connectivity index (χ2n) is 5.68. The average molecular weight is 380 g/mol. The van der Waals surface area contributed by atoms with Gasteiger partial charge in [0.2, 0.25) is 5.91 Å². The molecule has 132 valence electrons. The van der Waals surface area contributed by atoms with Gasteiger partial charge < -0.3 is 20.3 Å². The number of benzene rings is 2. The molecule has 1 heterocycles. The van der Waals surface area contributed by atoms with Crippen LogP contribution >= 0.6 is 23.4 Å². The van der Waals surface area contributed by atoms with Crippen LogP contribution in [0.4, 0.5) is 0 Å². The summed E-state index contributed by atoms with van der Waals surface area (Å²) in [5, 5.41) is 22.3. The third-order valence-corrected chi connectivity index (χ3v) is 5.30. The van der Waals surface area contributed by atoms with Crippen molar-refractivity contribution in [3.05, 3.63) is 64.7 Å². The molecule has 1 fully saturated rings. The fraction of sp³-hybridized carbons (Fsp3) is 0.278. The van der Waals surface area contributed by atoms with Gasteiger partial charge in [-0.25, -0.2) is 0 Å². The highest BCUT2D eigenvalue weighted by Crippen LogP contribution is 2.26. The monoisotopic (exact) mass is 379 g/mol. The van der Waals surface area contributed by atoms with Gasteiger partial charge in [0.15, 0.2) is 5.56 Å². The van der Waals surface area contributed by atoms with Crippen LogP contribution in [0.15, 0.2) is 48.5 Å². The van der Waals surface area contributed by atoms with E-state index in [1.54, 1.807) is 30.3 Å². The lowest BCUT2D eigenvalue weighted by Gasteiger charge is -2.14. The normalized spacial score (nSPS) is 21.0. The topological polar surface area (TPSA) is 78.8 Å². The molecule has 1 amide bonds. The van der Waals surface area contributed by atoms with Crippen LogP contribution in [0.5, 0.6) is 5.75 Å². The summed E-state index contributed by atoms with van der Waals surface area (Å²) in [6.45, 7) is 0.0934. The number of halogens is 1. The van der Waals surface area contributed by atoms with Crippen LogP contribution < -0.4 is 10.1 Å². The molecule has 5 nitrogen and oxygen atoms in total. The molecule has 3 N–H and O–H groups in total. The predicted molar refractivity (Wildman–Crippen MR) is 97.6 cm³/mol.